The lowest BCUT2D eigenvalue weighted by Crippen LogP contribution is -2.42. The van der Waals surface area contributed by atoms with Crippen molar-refractivity contribution in [3.63, 3.8) is 0 Å². The lowest BCUT2D eigenvalue weighted by atomic mass is 9.78. The van der Waals surface area contributed by atoms with Crippen LogP contribution in [0.25, 0.3) is 0 Å². The molecule has 0 saturated heterocycles. The fourth-order valence-electron chi connectivity index (χ4n) is 4.27. The van der Waals surface area contributed by atoms with Crippen LogP contribution < -0.4 is 5.32 Å². The molecule has 118 valence electrons. The minimum atomic E-state index is -0.810. The Labute approximate surface area is 130 Å². The smallest absolute Gasteiger partial charge is 0.307 e. The number of hydrogen-bond donors (Lipinski definition) is 2. The number of hydrogen-bond acceptors (Lipinski definition) is 2. The number of carbonyl (C=O) groups is 2. The van der Waals surface area contributed by atoms with E-state index in [1.165, 1.54) is 5.56 Å². The van der Waals surface area contributed by atoms with Crippen molar-refractivity contribution >= 4 is 11.9 Å². The molecule has 0 radical (unpaired) electrons. The maximum Gasteiger partial charge on any atom is 0.307 e. The van der Waals surface area contributed by atoms with Crippen LogP contribution in [0.15, 0.2) is 24.3 Å². The summed E-state index contributed by atoms with van der Waals surface area (Å²) >= 11 is 0. The van der Waals surface area contributed by atoms with Crippen LogP contribution >= 0.6 is 0 Å². The third kappa shape index (κ3) is 2.62. The highest BCUT2D eigenvalue weighted by Gasteiger charge is 2.54. The average molecular weight is 301 g/mol. The van der Waals surface area contributed by atoms with Gasteiger partial charge in [0.1, 0.15) is 0 Å². The summed E-state index contributed by atoms with van der Waals surface area (Å²) in [5.74, 6) is -1.32. The van der Waals surface area contributed by atoms with Crippen LogP contribution in [-0.2, 0) is 9.59 Å². The summed E-state index contributed by atoms with van der Waals surface area (Å²) in [6, 6.07) is 7.97. The third-order valence-corrected chi connectivity index (χ3v) is 5.44. The first-order chi connectivity index (χ1) is 10.5. The summed E-state index contributed by atoms with van der Waals surface area (Å²) in [6.07, 6.45) is 2.85. The standard InChI is InChI=1S/C18H23NO3/c1-10-3-5-12(6-4-10)11(2)19-17(20)15-13-7-8-14(9-13)16(15)18(21)22/h3-6,11,13-16H,7-9H2,1-2H3,(H,19,20)(H,21,22)/t11-,13-,14-,15-,16-/m0/s1. The van der Waals surface area contributed by atoms with Gasteiger partial charge >= 0.3 is 5.97 Å². The molecular formula is C18H23NO3. The first-order valence-electron chi connectivity index (χ1n) is 8.07. The molecule has 5 atom stereocenters. The van der Waals surface area contributed by atoms with E-state index in [0.29, 0.717) is 0 Å². The topological polar surface area (TPSA) is 66.4 Å². The Balaban J connectivity index is 1.71. The van der Waals surface area contributed by atoms with E-state index in [9.17, 15) is 14.7 Å². The van der Waals surface area contributed by atoms with Gasteiger partial charge < -0.3 is 10.4 Å². The van der Waals surface area contributed by atoms with Gasteiger partial charge in [-0.05, 0) is 50.5 Å². The Bertz CT molecular complexity index is 580. The number of aryl methyl sites for hydroxylation is 1. The monoisotopic (exact) mass is 301 g/mol. The van der Waals surface area contributed by atoms with Gasteiger partial charge in [-0.1, -0.05) is 29.8 Å². The van der Waals surface area contributed by atoms with Crippen LogP contribution in [0.4, 0.5) is 0 Å². The maximum atomic E-state index is 12.6. The number of carboxylic acids is 1. The Kier molecular flexibility index (Phi) is 3.94. The molecule has 0 unspecified atom stereocenters. The average Bonchev–Trinajstić information content (AvgIpc) is 3.08. The molecule has 4 heteroatoms. The van der Waals surface area contributed by atoms with Crippen molar-refractivity contribution in [2.24, 2.45) is 23.7 Å². The first kappa shape index (κ1) is 15.1. The van der Waals surface area contributed by atoms with Crippen LogP contribution in [0.3, 0.4) is 0 Å². The van der Waals surface area contributed by atoms with E-state index in [0.717, 1.165) is 24.8 Å². The zero-order valence-corrected chi connectivity index (χ0v) is 13.1. The highest BCUT2D eigenvalue weighted by molar-refractivity contribution is 5.86. The molecule has 3 rings (SSSR count). The minimum Gasteiger partial charge on any atom is -0.481 e. The fraction of sp³-hybridized carbons (Fsp3) is 0.556. The van der Waals surface area contributed by atoms with Crippen molar-refractivity contribution in [3.8, 4) is 0 Å². The van der Waals surface area contributed by atoms with Crippen LogP contribution in [0.2, 0.25) is 0 Å². The summed E-state index contributed by atoms with van der Waals surface area (Å²) in [7, 11) is 0. The third-order valence-electron chi connectivity index (χ3n) is 5.44. The second kappa shape index (κ2) is 5.75. The number of aliphatic carboxylic acids is 1. The van der Waals surface area contributed by atoms with E-state index in [4.69, 9.17) is 0 Å². The molecule has 1 amide bonds. The number of fused-ring (bicyclic) bond motifs is 2. The Hall–Kier alpha value is -1.84. The van der Waals surface area contributed by atoms with E-state index in [2.05, 4.69) is 5.32 Å². The maximum absolute atomic E-state index is 12.6. The van der Waals surface area contributed by atoms with E-state index in [1.807, 2.05) is 38.1 Å². The van der Waals surface area contributed by atoms with E-state index < -0.39 is 11.9 Å². The molecule has 0 aromatic heterocycles. The van der Waals surface area contributed by atoms with Gasteiger partial charge in [-0.3, -0.25) is 9.59 Å². The molecular weight excluding hydrogens is 278 g/mol. The molecule has 1 aromatic carbocycles. The Morgan fingerprint density at radius 3 is 2.32 bits per heavy atom. The minimum absolute atomic E-state index is 0.0901. The van der Waals surface area contributed by atoms with E-state index >= 15 is 0 Å². The number of nitrogens with one attached hydrogen (secondary N) is 1. The van der Waals surface area contributed by atoms with Gasteiger partial charge in [0.2, 0.25) is 5.91 Å². The molecule has 0 heterocycles. The van der Waals surface area contributed by atoms with Gasteiger partial charge in [0.25, 0.3) is 0 Å². The highest BCUT2D eigenvalue weighted by Crippen LogP contribution is 2.52. The zero-order chi connectivity index (χ0) is 15.9. The summed E-state index contributed by atoms with van der Waals surface area (Å²) in [5.41, 5.74) is 2.23. The van der Waals surface area contributed by atoms with Crippen molar-refractivity contribution in [2.45, 2.75) is 39.2 Å². The zero-order valence-electron chi connectivity index (χ0n) is 13.1. The normalized spacial score (nSPS) is 31.0. The van der Waals surface area contributed by atoms with Crippen molar-refractivity contribution in [1.29, 1.82) is 0 Å². The van der Waals surface area contributed by atoms with Gasteiger partial charge in [0.05, 0.1) is 17.9 Å². The van der Waals surface area contributed by atoms with Gasteiger partial charge in [-0.15, -0.1) is 0 Å². The van der Waals surface area contributed by atoms with Gasteiger partial charge in [0, 0.05) is 0 Å². The molecule has 2 fully saturated rings. The van der Waals surface area contributed by atoms with Crippen molar-refractivity contribution < 1.29 is 14.7 Å². The number of rotatable bonds is 4. The fourth-order valence-corrected chi connectivity index (χ4v) is 4.27. The van der Waals surface area contributed by atoms with Crippen LogP contribution in [0.1, 0.15) is 43.4 Å². The molecule has 1 aromatic rings. The molecule has 22 heavy (non-hydrogen) atoms. The van der Waals surface area contributed by atoms with Gasteiger partial charge in [-0.2, -0.15) is 0 Å². The quantitative estimate of drug-likeness (QED) is 0.898. The summed E-state index contributed by atoms with van der Waals surface area (Å²) in [6.45, 7) is 3.98. The first-order valence-corrected chi connectivity index (χ1v) is 8.07. The Morgan fingerprint density at radius 2 is 1.73 bits per heavy atom. The summed E-state index contributed by atoms with van der Waals surface area (Å²) < 4.78 is 0. The molecule has 0 aliphatic heterocycles. The van der Waals surface area contributed by atoms with Crippen molar-refractivity contribution in [1.82, 2.24) is 5.32 Å². The van der Waals surface area contributed by atoms with Gasteiger partial charge in [-0.25, -0.2) is 0 Å². The predicted molar refractivity (Wildman–Crippen MR) is 83.2 cm³/mol. The van der Waals surface area contributed by atoms with E-state index in [1.54, 1.807) is 0 Å². The second-order valence-electron chi connectivity index (χ2n) is 6.86. The van der Waals surface area contributed by atoms with Crippen LogP contribution in [-0.4, -0.2) is 17.0 Å². The SMILES string of the molecule is Cc1ccc([C@H](C)NC(=O)[C@H]2[C@H]3CC[C@@H](C3)[C@@H]2C(=O)O)cc1. The van der Waals surface area contributed by atoms with Crippen molar-refractivity contribution in [3.05, 3.63) is 35.4 Å². The largest absolute Gasteiger partial charge is 0.481 e. The number of benzene rings is 1. The molecule has 2 aliphatic carbocycles. The van der Waals surface area contributed by atoms with Crippen molar-refractivity contribution in [2.75, 3.05) is 0 Å². The molecule has 2 N–H and O–H groups in total. The molecule has 4 nitrogen and oxygen atoms in total. The summed E-state index contributed by atoms with van der Waals surface area (Å²) in [5, 5.41) is 12.5. The highest BCUT2D eigenvalue weighted by atomic mass is 16.4. The molecule has 2 saturated carbocycles. The van der Waals surface area contributed by atoms with Gasteiger partial charge in [0.15, 0.2) is 0 Å². The lowest BCUT2D eigenvalue weighted by molar-refractivity contribution is -0.149. The lowest BCUT2D eigenvalue weighted by Gasteiger charge is -2.28. The number of amides is 1. The van der Waals surface area contributed by atoms with Crippen LogP contribution in [0.5, 0.6) is 0 Å². The molecule has 2 aliphatic rings. The predicted octanol–water partition coefficient (Wildman–Crippen LogP) is 2.92. The van der Waals surface area contributed by atoms with Crippen LogP contribution in [0, 0.1) is 30.6 Å². The summed E-state index contributed by atoms with van der Waals surface area (Å²) in [4.78, 5) is 24.1. The molecule has 0 spiro atoms. The van der Waals surface area contributed by atoms with E-state index in [-0.39, 0.29) is 29.7 Å². The number of carboxylic acid groups (broad SMARTS) is 1. The molecule has 2 bridgehead atoms. The Morgan fingerprint density at radius 1 is 1.14 bits per heavy atom. The number of carbonyl (C=O) groups excluding carboxylic acids is 1. The second-order valence-corrected chi connectivity index (χ2v) is 6.86.